The van der Waals surface area contributed by atoms with Gasteiger partial charge >= 0.3 is 0 Å². The number of hydrogen-bond acceptors (Lipinski definition) is 2. The summed E-state index contributed by atoms with van der Waals surface area (Å²) in [6.07, 6.45) is 4.44. The van der Waals surface area contributed by atoms with Crippen molar-refractivity contribution in [3.05, 3.63) is 65.2 Å². The first-order valence-corrected chi connectivity index (χ1v) is 9.25. The largest absolute Gasteiger partial charge is 0.494 e. The lowest BCUT2D eigenvalue weighted by Crippen LogP contribution is -2.23. The Morgan fingerprint density at radius 3 is 2.42 bits per heavy atom. The first kappa shape index (κ1) is 18.5. The van der Waals surface area contributed by atoms with E-state index in [0.29, 0.717) is 6.04 Å². The molecule has 0 bridgehead atoms. The monoisotopic (exact) mass is 325 g/mol. The van der Waals surface area contributed by atoms with E-state index in [2.05, 4.69) is 74.6 Å². The molecule has 0 aliphatic carbocycles. The summed E-state index contributed by atoms with van der Waals surface area (Å²) < 4.78 is 5.75. The Kier molecular flexibility index (Phi) is 7.84. The van der Waals surface area contributed by atoms with E-state index >= 15 is 0 Å². The fraction of sp³-hybridized carbons (Fsp3) is 0.455. The van der Waals surface area contributed by atoms with Gasteiger partial charge in [0.1, 0.15) is 5.75 Å². The maximum atomic E-state index is 5.75. The maximum Gasteiger partial charge on any atom is 0.119 e. The van der Waals surface area contributed by atoms with Crippen LogP contribution in [0.1, 0.15) is 55.8 Å². The van der Waals surface area contributed by atoms with Gasteiger partial charge in [0.05, 0.1) is 6.61 Å². The zero-order chi connectivity index (χ0) is 17.2. The predicted molar refractivity (Wildman–Crippen MR) is 103 cm³/mol. The van der Waals surface area contributed by atoms with Gasteiger partial charge in [-0.05, 0) is 61.6 Å². The van der Waals surface area contributed by atoms with Crippen LogP contribution in [0.25, 0.3) is 0 Å². The molecule has 2 aromatic rings. The first-order valence-electron chi connectivity index (χ1n) is 9.25. The molecule has 0 amide bonds. The van der Waals surface area contributed by atoms with Crippen molar-refractivity contribution >= 4 is 0 Å². The Balaban J connectivity index is 1.85. The van der Waals surface area contributed by atoms with Crippen LogP contribution in [0.2, 0.25) is 0 Å². The lowest BCUT2D eigenvalue weighted by atomic mass is 10.0. The highest BCUT2D eigenvalue weighted by molar-refractivity contribution is 5.29. The second-order valence-electron chi connectivity index (χ2n) is 6.36. The topological polar surface area (TPSA) is 21.3 Å². The summed E-state index contributed by atoms with van der Waals surface area (Å²) in [6, 6.07) is 17.6. The number of aryl methyl sites for hydroxylation is 1. The number of benzene rings is 2. The third-order valence-electron chi connectivity index (χ3n) is 4.50. The van der Waals surface area contributed by atoms with Gasteiger partial charge in [-0.2, -0.15) is 0 Å². The highest BCUT2D eigenvalue weighted by atomic mass is 16.5. The quantitative estimate of drug-likeness (QED) is 0.586. The van der Waals surface area contributed by atoms with Gasteiger partial charge in [0.2, 0.25) is 0 Å². The van der Waals surface area contributed by atoms with E-state index in [9.17, 15) is 0 Å². The lowest BCUT2D eigenvalue weighted by Gasteiger charge is -2.18. The van der Waals surface area contributed by atoms with E-state index in [1.54, 1.807) is 0 Å². The molecule has 130 valence electrons. The van der Waals surface area contributed by atoms with Crippen molar-refractivity contribution in [2.45, 2.75) is 52.5 Å². The van der Waals surface area contributed by atoms with Crippen molar-refractivity contribution in [1.29, 1.82) is 0 Å². The Morgan fingerprint density at radius 1 is 1.00 bits per heavy atom. The fourth-order valence-corrected chi connectivity index (χ4v) is 2.90. The van der Waals surface area contributed by atoms with Crippen LogP contribution >= 0.6 is 0 Å². The van der Waals surface area contributed by atoms with Gasteiger partial charge < -0.3 is 10.1 Å². The molecule has 1 atom stereocenters. The molecule has 0 radical (unpaired) electrons. The number of hydrogen-bond donors (Lipinski definition) is 1. The molecule has 0 fully saturated rings. The zero-order valence-corrected chi connectivity index (χ0v) is 15.3. The molecule has 1 N–H and O–H groups in total. The van der Waals surface area contributed by atoms with Crippen molar-refractivity contribution < 1.29 is 4.74 Å². The van der Waals surface area contributed by atoms with E-state index in [1.165, 1.54) is 23.1 Å². The highest BCUT2D eigenvalue weighted by Crippen LogP contribution is 2.20. The molecule has 0 saturated heterocycles. The Labute approximate surface area is 147 Å². The van der Waals surface area contributed by atoms with Crippen LogP contribution in [0.15, 0.2) is 48.5 Å². The maximum absolute atomic E-state index is 5.75. The molecule has 0 aliphatic heterocycles. The molecule has 2 rings (SSSR count). The van der Waals surface area contributed by atoms with Gasteiger partial charge in [0, 0.05) is 6.04 Å². The molecule has 0 heterocycles. The first-order chi connectivity index (χ1) is 11.7. The van der Waals surface area contributed by atoms with Crippen LogP contribution in [0.5, 0.6) is 5.75 Å². The van der Waals surface area contributed by atoms with Gasteiger partial charge in [-0.25, -0.2) is 0 Å². The molecule has 2 aromatic carbocycles. The van der Waals surface area contributed by atoms with Crippen molar-refractivity contribution in [3.8, 4) is 5.75 Å². The Morgan fingerprint density at radius 2 is 1.75 bits per heavy atom. The summed E-state index contributed by atoms with van der Waals surface area (Å²) in [5.41, 5.74) is 4.14. The van der Waals surface area contributed by atoms with Crippen LogP contribution in [-0.4, -0.2) is 13.2 Å². The molecule has 2 nitrogen and oxygen atoms in total. The molecule has 24 heavy (non-hydrogen) atoms. The highest BCUT2D eigenvalue weighted by Gasteiger charge is 2.09. The van der Waals surface area contributed by atoms with Gasteiger partial charge in [-0.15, -0.1) is 0 Å². The Bertz CT molecular complexity index is 591. The standard InChI is InChI=1S/C22H31NO/c1-4-6-17-24-21-13-11-20(12-14-21)22(5-2)23-16-15-19-10-8-7-9-18(19)3/h7-14,22-23H,4-6,15-17H2,1-3H3. The zero-order valence-electron chi connectivity index (χ0n) is 15.3. The van der Waals surface area contributed by atoms with Crippen molar-refractivity contribution in [1.82, 2.24) is 5.32 Å². The number of ether oxygens (including phenoxy) is 1. The van der Waals surface area contributed by atoms with E-state index in [1.807, 2.05) is 0 Å². The number of nitrogens with one attached hydrogen (secondary N) is 1. The van der Waals surface area contributed by atoms with Gasteiger partial charge in [-0.3, -0.25) is 0 Å². The lowest BCUT2D eigenvalue weighted by molar-refractivity contribution is 0.309. The fourth-order valence-electron chi connectivity index (χ4n) is 2.90. The van der Waals surface area contributed by atoms with Crippen LogP contribution in [-0.2, 0) is 6.42 Å². The average Bonchev–Trinajstić information content (AvgIpc) is 2.61. The van der Waals surface area contributed by atoms with Crippen LogP contribution in [0, 0.1) is 6.92 Å². The summed E-state index contributed by atoms with van der Waals surface area (Å²) in [4.78, 5) is 0. The Hall–Kier alpha value is -1.80. The van der Waals surface area contributed by atoms with E-state index in [-0.39, 0.29) is 0 Å². The normalized spacial score (nSPS) is 12.1. The van der Waals surface area contributed by atoms with Crippen molar-refractivity contribution in [3.63, 3.8) is 0 Å². The molecule has 0 aromatic heterocycles. The molecule has 2 heteroatoms. The van der Waals surface area contributed by atoms with Crippen molar-refractivity contribution in [2.24, 2.45) is 0 Å². The SMILES string of the molecule is CCCCOc1ccc(C(CC)NCCc2ccccc2C)cc1. The van der Waals surface area contributed by atoms with E-state index < -0.39 is 0 Å². The van der Waals surface area contributed by atoms with Crippen molar-refractivity contribution in [2.75, 3.05) is 13.2 Å². The van der Waals surface area contributed by atoms with E-state index in [4.69, 9.17) is 4.74 Å². The number of unbranched alkanes of at least 4 members (excludes halogenated alkanes) is 1. The van der Waals surface area contributed by atoms with Gasteiger partial charge in [0.15, 0.2) is 0 Å². The predicted octanol–water partition coefficient (Wildman–Crippen LogP) is 5.46. The van der Waals surface area contributed by atoms with Crippen LogP contribution < -0.4 is 10.1 Å². The number of rotatable bonds is 10. The average molecular weight is 325 g/mol. The summed E-state index contributed by atoms with van der Waals surface area (Å²) in [5.74, 6) is 0.974. The second-order valence-corrected chi connectivity index (χ2v) is 6.36. The second kappa shape index (κ2) is 10.1. The minimum Gasteiger partial charge on any atom is -0.494 e. The smallest absolute Gasteiger partial charge is 0.119 e. The molecule has 1 unspecified atom stereocenters. The summed E-state index contributed by atoms with van der Waals surface area (Å²) in [6.45, 7) is 8.40. The molecular weight excluding hydrogens is 294 g/mol. The third kappa shape index (κ3) is 5.68. The van der Waals surface area contributed by atoms with Crippen LogP contribution in [0.4, 0.5) is 0 Å². The molecule has 0 spiro atoms. The molecule has 0 aliphatic rings. The van der Waals surface area contributed by atoms with Gasteiger partial charge in [0.25, 0.3) is 0 Å². The summed E-state index contributed by atoms with van der Waals surface area (Å²) in [5, 5.41) is 3.69. The molecule has 0 saturated carbocycles. The summed E-state index contributed by atoms with van der Waals surface area (Å²) >= 11 is 0. The summed E-state index contributed by atoms with van der Waals surface area (Å²) in [7, 11) is 0. The minimum absolute atomic E-state index is 0.402. The van der Waals surface area contributed by atoms with Gasteiger partial charge in [-0.1, -0.05) is 56.7 Å². The van der Waals surface area contributed by atoms with E-state index in [0.717, 1.165) is 38.2 Å². The minimum atomic E-state index is 0.402. The third-order valence-corrected chi connectivity index (χ3v) is 4.50. The van der Waals surface area contributed by atoms with Crippen LogP contribution in [0.3, 0.4) is 0 Å². The molecular formula is C22H31NO.